The van der Waals surface area contributed by atoms with E-state index in [1.165, 1.54) is 25.7 Å². The maximum absolute atomic E-state index is 6.44. The fourth-order valence-corrected chi connectivity index (χ4v) is 3.83. The lowest BCUT2D eigenvalue weighted by molar-refractivity contribution is 0.284. The van der Waals surface area contributed by atoms with E-state index >= 15 is 0 Å². The third kappa shape index (κ3) is 1.82. The maximum atomic E-state index is 6.44. The van der Waals surface area contributed by atoms with Crippen LogP contribution in [0.25, 0.3) is 0 Å². The average Bonchev–Trinajstić information content (AvgIpc) is 2.93. The molecule has 1 heterocycles. The molecule has 2 bridgehead atoms. The zero-order valence-electron chi connectivity index (χ0n) is 10.4. The van der Waals surface area contributed by atoms with E-state index in [4.69, 9.17) is 11.5 Å². The molecule has 1 aromatic rings. The zero-order valence-corrected chi connectivity index (χ0v) is 10.4. The van der Waals surface area contributed by atoms with E-state index < -0.39 is 0 Å². The van der Waals surface area contributed by atoms with Gasteiger partial charge in [-0.15, -0.1) is 0 Å². The number of fused-ring (bicyclic) bond motifs is 2. The van der Waals surface area contributed by atoms with Crippen molar-refractivity contribution in [3.63, 3.8) is 0 Å². The Morgan fingerprint density at radius 3 is 2.82 bits per heavy atom. The number of hydrogen-bond donors (Lipinski definition) is 2. The summed E-state index contributed by atoms with van der Waals surface area (Å²) in [5.41, 5.74) is 14.6. The Morgan fingerprint density at radius 2 is 2.18 bits per heavy atom. The van der Waals surface area contributed by atoms with Crippen LogP contribution in [0.15, 0.2) is 12.3 Å². The lowest BCUT2D eigenvalue weighted by atomic mass is 9.81. The van der Waals surface area contributed by atoms with Crippen LogP contribution in [0.1, 0.15) is 42.9 Å². The predicted molar refractivity (Wildman–Crippen MR) is 69.3 cm³/mol. The molecule has 92 valence electrons. The fourth-order valence-electron chi connectivity index (χ4n) is 3.83. The van der Waals surface area contributed by atoms with E-state index in [1.54, 1.807) is 0 Å². The monoisotopic (exact) mass is 231 g/mol. The Hall–Kier alpha value is -1.09. The van der Waals surface area contributed by atoms with Crippen molar-refractivity contribution in [2.75, 3.05) is 5.73 Å². The van der Waals surface area contributed by atoms with Gasteiger partial charge in [-0.2, -0.15) is 0 Å². The molecule has 1 aromatic heterocycles. The summed E-state index contributed by atoms with van der Waals surface area (Å²) < 4.78 is 0. The van der Waals surface area contributed by atoms with Crippen molar-refractivity contribution in [2.45, 2.75) is 38.6 Å². The summed E-state index contributed by atoms with van der Waals surface area (Å²) in [6, 6.07) is 2.19. The molecule has 0 spiro atoms. The van der Waals surface area contributed by atoms with Crippen molar-refractivity contribution >= 4 is 5.82 Å². The van der Waals surface area contributed by atoms with E-state index in [0.717, 1.165) is 23.0 Å². The van der Waals surface area contributed by atoms with Crippen LogP contribution in [0, 0.1) is 24.7 Å². The van der Waals surface area contributed by atoms with E-state index in [2.05, 4.69) is 11.1 Å². The van der Waals surface area contributed by atoms with Crippen LogP contribution >= 0.6 is 0 Å². The van der Waals surface area contributed by atoms with Crippen LogP contribution in [0.5, 0.6) is 0 Å². The smallest absolute Gasteiger partial charge is 0.128 e. The quantitative estimate of drug-likeness (QED) is 0.821. The standard InChI is InChI=1S/C14H21N3/c1-8-4-12(14(16)17-7-8)13(15)11-6-9-2-3-10(11)5-9/h4,7,9-11,13H,2-3,5-6,15H2,1H3,(H2,16,17). The molecule has 0 aromatic carbocycles. The first-order valence-electron chi connectivity index (χ1n) is 6.62. The molecule has 0 saturated heterocycles. The Morgan fingerprint density at radius 1 is 1.35 bits per heavy atom. The molecular weight excluding hydrogens is 210 g/mol. The summed E-state index contributed by atoms with van der Waals surface area (Å²) >= 11 is 0. The molecule has 2 saturated carbocycles. The van der Waals surface area contributed by atoms with Gasteiger partial charge in [0, 0.05) is 17.8 Å². The van der Waals surface area contributed by atoms with Gasteiger partial charge in [-0.1, -0.05) is 6.42 Å². The van der Waals surface area contributed by atoms with Gasteiger partial charge in [0.05, 0.1) is 0 Å². The largest absolute Gasteiger partial charge is 0.383 e. The number of nitrogens with zero attached hydrogens (tertiary/aromatic N) is 1. The van der Waals surface area contributed by atoms with Crippen LogP contribution in [0.4, 0.5) is 5.82 Å². The molecule has 3 nitrogen and oxygen atoms in total. The summed E-state index contributed by atoms with van der Waals surface area (Å²) in [6.07, 6.45) is 7.26. The molecule has 4 unspecified atom stereocenters. The molecular formula is C14H21N3. The number of aryl methyl sites for hydroxylation is 1. The fraction of sp³-hybridized carbons (Fsp3) is 0.643. The van der Waals surface area contributed by atoms with E-state index in [1.807, 2.05) is 13.1 Å². The molecule has 2 aliphatic rings. The Bertz CT molecular complexity index is 429. The van der Waals surface area contributed by atoms with Crippen molar-refractivity contribution in [1.29, 1.82) is 0 Å². The lowest BCUT2D eigenvalue weighted by Crippen LogP contribution is -2.27. The van der Waals surface area contributed by atoms with E-state index in [-0.39, 0.29) is 6.04 Å². The molecule has 0 amide bonds. The number of hydrogen-bond acceptors (Lipinski definition) is 3. The van der Waals surface area contributed by atoms with Crippen molar-refractivity contribution in [1.82, 2.24) is 4.98 Å². The van der Waals surface area contributed by atoms with Crippen LogP contribution in [-0.4, -0.2) is 4.98 Å². The first kappa shape index (κ1) is 11.0. The molecule has 0 radical (unpaired) electrons. The second kappa shape index (κ2) is 3.98. The molecule has 2 aliphatic carbocycles. The summed E-state index contributed by atoms with van der Waals surface area (Å²) in [6.45, 7) is 2.05. The van der Waals surface area contributed by atoms with Gasteiger partial charge in [0.1, 0.15) is 5.82 Å². The second-order valence-corrected chi connectivity index (χ2v) is 5.85. The van der Waals surface area contributed by atoms with E-state index in [9.17, 15) is 0 Å². The highest BCUT2D eigenvalue weighted by Crippen LogP contribution is 2.52. The maximum Gasteiger partial charge on any atom is 0.128 e. The normalized spacial score (nSPS) is 32.9. The van der Waals surface area contributed by atoms with Crippen molar-refractivity contribution in [3.8, 4) is 0 Å². The number of anilines is 1. The number of pyridine rings is 1. The molecule has 0 aliphatic heterocycles. The van der Waals surface area contributed by atoms with Crippen LogP contribution in [-0.2, 0) is 0 Å². The number of aromatic nitrogens is 1. The minimum atomic E-state index is 0.0812. The topological polar surface area (TPSA) is 64.9 Å². The van der Waals surface area contributed by atoms with Crippen molar-refractivity contribution < 1.29 is 0 Å². The highest BCUT2D eigenvalue weighted by Gasteiger charge is 2.42. The van der Waals surface area contributed by atoms with Crippen molar-refractivity contribution in [3.05, 3.63) is 23.4 Å². The minimum Gasteiger partial charge on any atom is -0.383 e. The molecule has 4 N–H and O–H groups in total. The van der Waals surface area contributed by atoms with Gasteiger partial charge in [-0.3, -0.25) is 0 Å². The van der Waals surface area contributed by atoms with Crippen molar-refractivity contribution in [2.24, 2.45) is 23.5 Å². The van der Waals surface area contributed by atoms with E-state index in [0.29, 0.717) is 11.7 Å². The Labute approximate surface area is 103 Å². The van der Waals surface area contributed by atoms with Gasteiger partial charge < -0.3 is 11.5 Å². The average molecular weight is 231 g/mol. The van der Waals surface area contributed by atoms with Crippen LogP contribution in [0.2, 0.25) is 0 Å². The molecule has 3 heteroatoms. The first-order valence-corrected chi connectivity index (χ1v) is 6.62. The van der Waals surface area contributed by atoms with Crippen LogP contribution < -0.4 is 11.5 Å². The van der Waals surface area contributed by atoms with Gasteiger partial charge in [-0.25, -0.2) is 4.98 Å². The molecule has 3 rings (SSSR count). The van der Waals surface area contributed by atoms with Gasteiger partial charge in [0.25, 0.3) is 0 Å². The number of nitrogens with two attached hydrogens (primary N) is 2. The third-order valence-electron chi connectivity index (χ3n) is 4.70. The SMILES string of the molecule is Cc1cnc(N)c(C(N)C2CC3CCC2C3)c1. The summed E-state index contributed by atoms with van der Waals surface area (Å²) in [4.78, 5) is 4.23. The molecule has 2 fully saturated rings. The third-order valence-corrected chi connectivity index (χ3v) is 4.70. The summed E-state index contributed by atoms with van der Waals surface area (Å²) in [7, 11) is 0. The molecule has 17 heavy (non-hydrogen) atoms. The number of rotatable bonds is 2. The van der Waals surface area contributed by atoms with Gasteiger partial charge in [0.15, 0.2) is 0 Å². The Balaban J connectivity index is 1.86. The lowest BCUT2D eigenvalue weighted by Gasteiger charge is -2.28. The van der Waals surface area contributed by atoms with Gasteiger partial charge in [-0.05, 0) is 55.6 Å². The molecule has 4 atom stereocenters. The highest BCUT2D eigenvalue weighted by molar-refractivity contribution is 5.43. The highest BCUT2D eigenvalue weighted by atomic mass is 14.8. The van der Waals surface area contributed by atoms with Crippen LogP contribution in [0.3, 0.4) is 0 Å². The van der Waals surface area contributed by atoms with Gasteiger partial charge in [0.2, 0.25) is 0 Å². The Kier molecular flexibility index (Phi) is 2.58. The summed E-state index contributed by atoms with van der Waals surface area (Å²) in [5, 5.41) is 0. The number of nitrogen functional groups attached to an aromatic ring is 1. The zero-order chi connectivity index (χ0) is 12.0. The van der Waals surface area contributed by atoms with Gasteiger partial charge >= 0.3 is 0 Å². The minimum absolute atomic E-state index is 0.0812. The predicted octanol–water partition coefficient (Wildman–Crippen LogP) is 2.41. The second-order valence-electron chi connectivity index (χ2n) is 5.85. The first-order chi connectivity index (χ1) is 8.15. The summed E-state index contributed by atoms with van der Waals surface area (Å²) in [5.74, 6) is 3.00.